The van der Waals surface area contributed by atoms with Gasteiger partial charge in [0.1, 0.15) is 11.6 Å². The van der Waals surface area contributed by atoms with Crippen molar-refractivity contribution in [2.45, 2.75) is 45.0 Å². The summed E-state index contributed by atoms with van der Waals surface area (Å²) in [6.07, 6.45) is -5.90. The molecular weight excluding hydrogens is 315 g/mol. The summed E-state index contributed by atoms with van der Waals surface area (Å²) >= 11 is 0. The monoisotopic (exact) mass is 333 g/mol. The smallest absolute Gasteiger partial charge is 0.428 e. The van der Waals surface area contributed by atoms with Crippen LogP contribution in [0.3, 0.4) is 0 Å². The summed E-state index contributed by atoms with van der Waals surface area (Å²) in [5, 5.41) is 0. The molecule has 0 amide bonds. The summed E-state index contributed by atoms with van der Waals surface area (Å²) in [4.78, 5) is 23.0. The van der Waals surface area contributed by atoms with E-state index < -0.39 is 35.5 Å². The first-order chi connectivity index (χ1) is 10.4. The largest absolute Gasteiger partial charge is 0.516 e. The lowest BCUT2D eigenvalue weighted by atomic mass is 10.0. The molecule has 5 nitrogen and oxygen atoms in total. The van der Waals surface area contributed by atoms with E-state index in [1.54, 1.807) is 20.8 Å². The first-order valence-corrected chi connectivity index (χ1v) is 6.75. The second kappa shape index (κ2) is 6.99. The van der Waals surface area contributed by atoms with Gasteiger partial charge in [-0.3, -0.25) is 0 Å². The van der Waals surface area contributed by atoms with Crippen LogP contribution in [-0.2, 0) is 26.9 Å². The average molecular weight is 333 g/mol. The lowest BCUT2D eigenvalue weighted by molar-refractivity contribution is -0.143. The number of alkyl halides is 3. The van der Waals surface area contributed by atoms with Gasteiger partial charge in [-0.2, -0.15) is 13.2 Å². The molecule has 0 aliphatic heterocycles. The zero-order valence-corrected chi connectivity index (χ0v) is 12.9. The Labute approximate surface area is 131 Å². The van der Waals surface area contributed by atoms with Crippen molar-refractivity contribution in [1.82, 2.24) is 0 Å². The maximum absolute atomic E-state index is 12.6. The van der Waals surface area contributed by atoms with Crippen molar-refractivity contribution < 1.29 is 32.2 Å². The third kappa shape index (κ3) is 6.68. The number of benzene rings is 1. The number of halogens is 3. The van der Waals surface area contributed by atoms with Gasteiger partial charge in [0, 0.05) is 0 Å². The van der Waals surface area contributed by atoms with Gasteiger partial charge < -0.3 is 15.2 Å². The summed E-state index contributed by atoms with van der Waals surface area (Å²) in [5.41, 5.74) is 4.07. The van der Waals surface area contributed by atoms with Crippen LogP contribution in [0.2, 0.25) is 0 Å². The van der Waals surface area contributed by atoms with Crippen LogP contribution in [0.15, 0.2) is 24.3 Å². The molecule has 0 fully saturated rings. The van der Waals surface area contributed by atoms with E-state index >= 15 is 0 Å². The van der Waals surface area contributed by atoms with E-state index in [0.717, 1.165) is 12.1 Å². The molecule has 0 radical (unpaired) electrons. The SMILES string of the molecule is CC(C)(C)OC(=O)OC(=O)[C@@H](N)Cc1cccc(C(F)(F)F)c1. The number of carbonyl (C=O) groups excluding carboxylic acids is 2. The highest BCUT2D eigenvalue weighted by Crippen LogP contribution is 2.29. The first kappa shape index (κ1) is 19.0. The molecule has 0 saturated heterocycles. The van der Waals surface area contributed by atoms with Crippen LogP contribution < -0.4 is 5.73 Å². The summed E-state index contributed by atoms with van der Waals surface area (Å²) in [7, 11) is 0. The van der Waals surface area contributed by atoms with E-state index in [4.69, 9.17) is 10.5 Å². The highest BCUT2D eigenvalue weighted by molar-refractivity contribution is 5.85. The van der Waals surface area contributed by atoms with Gasteiger partial charge in [0.15, 0.2) is 0 Å². The fraction of sp³-hybridized carbons (Fsp3) is 0.467. The molecule has 1 atom stereocenters. The molecule has 0 heterocycles. The number of carbonyl (C=O) groups is 2. The van der Waals surface area contributed by atoms with Gasteiger partial charge in [-0.15, -0.1) is 0 Å². The van der Waals surface area contributed by atoms with Crippen molar-refractivity contribution >= 4 is 12.1 Å². The molecule has 1 aromatic carbocycles. The molecule has 0 aromatic heterocycles. The number of ether oxygens (including phenoxy) is 2. The Morgan fingerprint density at radius 3 is 2.35 bits per heavy atom. The maximum atomic E-state index is 12.6. The molecule has 0 aliphatic carbocycles. The van der Waals surface area contributed by atoms with Gasteiger partial charge in [-0.05, 0) is 38.8 Å². The van der Waals surface area contributed by atoms with Gasteiger partial charge >= 0.3 is 18.3 Å². The maximum Gasteiger partial charge on any atom is 0.516 e. The molecule has 1 aromatic rings. The molecule has 0 saturated carbocycles. The van der Waals surface area contributed by atoms with Crippen LogP contribution in [0.4, 0.5) is 18.0 Å². The fourth-order valence-corrected chi connectivity index (χ4v) is 1.64. The number of hydrogen-bond acceptors (Lipinski definition) is 5. The number of rotatable bonds is 3. The van der Waals surface area contributed by atoms with E-state index in [-0.39, 0.29) is 12.0 Å². The van der Waals surface area contributed by atoms with Crippen molar-refractivity contribution in [3.8, 4) is 0 Å². The summed E-state index contributed by atoms with van der Waals surface area (Å²) < 4.78 is 47.0. The average Bonchev–Trinajstić information content (AvgIpc) is 2.35. The normalized spacial score (nSPS) is 13.3. The quantitative estimate of drug-likeness (QED) is 0.679. The highest BCUT2D eigenvalue weighted by Gasteiger charge is 2.31. The van der Waals surface area contributed by atoms with E-state index in [1.807, 2.05) is 0 Å². The molecule has 8 heteroatoms. The Morgan fingerprint density at radius 2 is 1.83 bits per heavy atom. The third-order valence-electron chi connectivity index (χ3n) is 2.59. The lowest BCUT2D eigenvalue weighted by Gasteiger charge is -2.19. The molecule has 0 spiro atoms. The molecule has 0 unspecified atom stereocenters. The summed E-state index contributed by atoms with van der Waals surface area (Å²) in [5.74, 6) is -1.07. The Bertz CT molecular complexity index is 579. The Balaban J connectivity index is 2.67. The van der Waals surface area contributed by atoms with Gasteiger partial charge in [0.25, 0.3) is 0 Å². The van der Waals surface area contributed by atoms with E-state index in [9.17, 15) is 22.8 Å². The van der Waals surface area contributed by atoms with Crippen molar-refractivity contribution in [3.05, 3.63) is 35.4 Å². The lowest BCUT2D eigenvalue weighted by Crippen LogP contribution is -2.37. The topological polar surface area (TPSA) is 78.6 Å². The van der Waals surface area contributed by atoms with Crippen LogP contribution in [0.5, 0.6) is 0 Å². The molecular formula is C15H18F3NO4. The van der Waals surface area contributed by atoms with Crippen molar-refractivity contribution in [3.63, 3.8) is 0 Å². The second-order valence-electron chi connectivity index (χ2n) is 5.89. The van der Waals surface area contributed by atoms with E-state index in [0.29, 0.717) is 0 Å². The Morgan fingerprint density at radius 1 is 1.22 bits per heavy atom. The van der Waals surface area contributed by atoms with Crippen molar-refractivity contribution in [2.75, 3.05) is 0 Å². The zero-order valence-electron chi connectivity index (χ0n) is 12.9. The van der Waals surface area contributed by atoms with E-state index in [2.05, 4.69) is 4.74 Å². The molecule has 0 aliphatic rings. The predicted octanol–water partition coefficient (Wildman–Crippen LogP) is 3.05. The van der Waals surface area contributed by atoms with Crippen LogP contribution >= 0.6 is 0 Å². The number of nitrogens with two attached hydrogens (primary N) is 1. The minimum absolute atomic E-state index is 0.202. The number of esters is 1. The third-order valence-corrected chi connectivity index (χ3v) is 2.59. The second-order valence-corrected chi connectivity index (χ2v) is 5.89. The van der Waals surface area contributed by atoms with Gasteiger partial charge in [-0.1, -0.05) is 18.2 Å². The standard InChI is InChI=1S/C15H18F3NO4/c1-14(2,3)23-13(21)22-12(20)11(19)8-9-5-4-6-10(7-9)15(16,17)18/h4-7,11H,8,19H2,1-3H3/t11-/m0/s1. The van der Waals surface area contributed by atoms with E-state index in [1.165, 1.54) is 12.1 Å². The van der Waals surface area contributed by atoms with Crippen molar-refractivity contribution in [1.29, 1.82) is 0 Å². The highest BCUT2D eigenvalue weighted by atomic mass is 19.4. The van der Waals surface area contributed by atoms with Gasteiger partial charge in [-0.25, -0.2) is 9.59 Å². The van der Waals surface area contributed by atoms with Crippen molar-refractivity contribution in [2.24, 2.45) is 5.73 Å². The Kier molecular flexibility index (Phi) is 5.76. The number of hydrogen-bond donors (Lipinski definition) is 1. The van der Waals surface area contributed by atoms with Crippen LogP contribution in [0.1, 0.15) is 31.9 Å². The molecule has 0 bridgehead atoms. The summed E-state index contributed by atoms with van der Waals surface area (Å²) in [6.45, 7) is 4.75. The zero-order chi connectivity index (χ0) is 17.8. The minimum Gasteiger partial charge on any atom is -0.428 e. The molecule has 1 rings (SSSR count). The molecule has 128 valence electrons. The molecule has 2 N–H and O–H groups in total. The fourth-order valence-electron chi connectivity index (χ4n) is 1.64. The first-order valence-electron chi connectivity index (χ1n) is 6.75. The summed E-state index contributed by atoms with van der Waals surface area (Å²) in [6, 6.07) is 3.13. The van der Waals surface area contributed by atoms with Crippen LogP contribution in [-0.4, -0.2) is 23.8 Å². The van der Waals surface area contributed by atoms with Gasteiger partial charge in [0.2, 0.25) is 0 Å². The van der Waals surface area contributed by atoms with Crippen LogP contribution in [0, 0.1) is 0 Å². The predicted molar refractivity (Wildman–Crippen MR) is 75.4 cm³/mol. The molecule has 23 heavy (non-hydrogen) atoms. The van der Waals surface area contributed by atoms with Gasteiger partial charge in [0.05, 0.1) is 5.56 Å². The minimum atomic E-state index is -4.49. The van der Waals surface area contributed by atoms with Crippen LogP contribution in [0.25, 0.3) is 0 Å². The Hall–Kier alpha value is -2.09.